The number of halogens is 2. The van der Waals surface area contributed by atoms with Gasteiger partial charge in [0.2, 0.25) is 5.91 Å². The molecule has 0 atom stereocenters. The Kier molecular flexibility index (Phi) is 5.30. The Hall–Kier alpha value is -3.17. The normalized spacial score (nSPS) is 9.83. The molecule has 9 heteroatoms. The summed E-state index contributed by atoms with van der Waals surface area (Å²) < 4.78 is 25.9. The molecular weight excluding hydrogens is 336 g/mol. The number of nitrogens with zero attached hydrogens (tertiary/aromatic N) is 3. The van der Waals surface area contributed by atoms with E-state index in [9.17, 15) is 13.6 Å². The lowest BCUT2D eigenvalue weighted by Gasteiger charge is -2.07. The Bertz CT molecular complexity index is 889. The van der Waals surface area contributed by atoms with E-state index in [2.05, 4.69) is 10.3 Å². The molecule has 0 aliphatic heterocycles. The van der Waals surface area contributed by atoms with Crippen molar-refractivity contribution < 1.29 is 13.6 Å². The molecule has 120 valence electrons. The lowest BCUT2D eigenvalue weighted by molar-refractivity contribution is -0.113. The largest absolute Gasteiger partial charge is 0.383 e. The van der Waals surface area contributed by atoms with Crippen LogP contribution in [0.4, 0.5) is 20.3 Å². The van der Waals surface area contributed by atoms with Gasteiger partial charge in [-0.25, -0.2) is 13.8 Å². The van der Waals surface area contributed by atoms with Gasteiger partial charge >= 0.3 is 0 Å². The number of hydrogen-bond donors (Lipinski definition) is 2. The van der Waals surface area contributed by atoms with Crippen molar-refractivity contribution in [2.75, 3.05) is 16.8 Å². The summed E-state index contributed by atoms with van der Waals surface area (Å²) in [6.45, 7) is 0. The number of carbonyl (C=O) groups is 1. The molecule has 0 bridgehead atoms. The van der Waals surface area contributed by atoms with E-state index < -0.39 is 17.5 Å². The van der Waals surface area contributed by atoms with Crippen molar-refractivity contribution in [1.82, 2.24) is 4.98 Å². The van der Waals surface area contributed by atoms with Crippen molar-refractivity contribution in [3.05, 3.63) is 47.0 Å². The third-order valence-corrected chi connectivity index (χ3v) is 3.79. The highest BCUT2D eigenvalue weighted by molar-refractivity contribution is 8.00. The molecular formula is C15H9F2N5OS. The van der Waals surface area contributed by atoms with E-state index in [1.807, 2.05) is 12.1 Å². The van der Waals surface area contributed by atoms with Crippen molar-refractivity contribution in [1.29, 1.82) is 10.5 Å². The Morgan fingerprint density at radius 3 is 2.54 bits per heavy atom. The molecule has 1 heterocycles. The molecule has 0 fully saturated rings. The van der Waals surface area contributed by atoms with E-state index in [1.165, 1.54) is 12.1 Å². The van der Waals surface area contributed by atoms with Gasteiger partial charge in [-0.2, -0.15) is 10.5 Å². The summed E-state index contributed by atoms with van der Waals surface area (Å²) in [6, 6.07) is 7.95. The first-order chi connectivity index (χ1) is 11.4. The zero-order valence-corrected chi connectivity index (χ0v) is 12.8. The van der Waals surface area contributed by atoms with Crippen LogP contribution < -0.4 is 11.1 Å². The van der Waals surface area contributed by atoms with Crippen LogP contribution in [-0.4, -0.2) is 16.6 Å². The monoisotopic (exact) mass is 345 g/mol. The van der Waals surface area contributed by atoms with Gasteiger partial charge < -0.3 is 11.1 Å². The molecule has 2 rings (SSSR count). The van der Waals surface area contributed by atoms with Crippen molar-refractivity contribution in [3.8, 4) is 12.1 Å². The minimum atomic E-state index is -1.08. The molecule has 1 aromatic heterocycles. The van der Waals surface area contributed by atoms with Crippen LogP contribution in [0.25, 0.3) is 0 Å². The van der Waals surface area contributed by atoms with Crippen LogP contribution in [0.15, 0.2) is 29.3 Å². The number of aromatic nitrogens is 1. The first kappa shape index (κ1) is 17.2. The van der Waals surface area contributed by atoms with E-state index in [1.54, 1.807) is 0 Å². The third kappa shape index (κ3) is 3.97. The Labute approximate surface area is 139 Å². The predicted molar refractivity (Wildman–Crippen MR) is 83.8 cm³/mol. The summed E-state index contributed by atoms with van der Waals surface area (Å²) in [5.41, 5.74) is 5.87. The molecule has 0 aliphatic rings. The smallest absolute Gasteiger partial charge is 0.234 e. The fourth-order valence-electron chi connectivity index (χ4n) is 1.69. The lowest BCUT2D eigenvalue weighted by Crippen LogP contribution is -2.14. The Balaban J connectivity index is 2.06. The SMILES string of the molecule is N#Cc1cc(C#N)c(SCC(=O)Nc2ccc(F)c(F)c2)nc1N. The summed E-state index contributed by atoms with van der Waals surface area (Å²) in [4.78, 5) is 15.8. The number of hydrogen-bond acceptors (Lipinski definition) is 6. The van der Waals surface area contributed by atoms with E-state index in [-0.39, 0.29) is 33.4 Å². The lowest BCUT2D eigenvalue weighted by atomic mass is 10.2. The number of nitrogen functional groups attached to an aromatic ring is 1. The van der Waals surface area contributed by atoms with Crippen molar-refractivity contribution in [3.63, 3.8) is 0 Å². The fourth-order valence-corrected chi connectivity index (χ4v) is 2.46. The van der Waals surface area contributed by atoms with Gasteiger partial charge in [-0.3, -0.25) is 4.79 Å². The number of nitrogens with one attached hydrogen (secondary N) is 1. The molecule has 0 aliphatic carbocycles. The third-order valence-electron chi connectivity index (χ3n) is 2.80. The number of benzene rings is 1. The van der Waals surface area contributed by atoms with Crippen molar-refractivity contribution in [2.45, 2.75) is 5.03 Å². The maximum Gasteiger partial charge on any atom is 0.234 e. The van der Waals surface area contributed by atoms with Crippen LogP contribution in [0.5, 0.6) is 0 Å². The molecule has 0 unspecified atom stereocenters. The molecule has 2 aromatic rings. The number of nitrogens with two attached hydrogens (primary N) is 1. The zero-order chi connectivity index (χ0) is 17.7. The van der Waals surface area contributed by atoms with E-state index in [4.69, 9.17) is 16.3 Å². The molecule has 0 saturated carbocycles. The van der Waals surface area contributed by atoms with E-state index in [0.29, 0.717) is 0 Å². The van der Waals surface area contributed by atoms with Crippen LogP contribution >= 0.6 is 11.8 Å². The quantitative estimate of drug-likeness (QED) is 0.822. The number of carbonyl (C=O) groups excluding carboxylic acids is 1. The highest BCUT2D eigenvalue weighted by atomic mass is 32.2. The number of thioether (sulfide) groups is 1. The second kappa shape index (κ2) is 7.40. The van der Waals surface area contributed by atoms with Crippen LogP contribution in [0, 0.1) is 34.3 Å². The van der Waals surface area contributed by atoms with Crippen LogP contribution in [-0.2, 0) is 4.79 Å². The number of amides is 1. The number of nitriles is 2. The molecule has 1 amide bonds. The molecule has 24 heavy (non-hydrogen) atoms. The minimum absolute atomic E-state index is 0.0417. The predicted octanol–water partition coefficient (Wildman–Crippen LogP) is 2.42. The zero-order valence-electron chi connectivity index (χ0n) is 12.0. The van der Waals surface area contributed by atoms with Crippen molar-refractivity contribution >= 4 is 29.2 Å². The average molecular weight is 345 g/mol. The van der Waals surface area contributed by atoms with Gasteiger partial charge in [0.05, 0.1) is 16.9 Å². The second-order valence-electron chi connectivity index (χ2n) is 4.46. The Morgan fingerprint density at radius 1 is 1.21 bits per heavy atom. The maximum absolute atomic E-state index is 13.1. The van der Waals surface area contributed by atoms with Gasteiger partial charge in [0, 0.05) is 11.8 Å². The number of pyridine rings is 1. The van der Waals surface area contributed by atoms with E-state index in [0.717, 1.165) is 23.9 Å². The first-order valence-electron chi connectivity index (χ1n) is 6.43. The summed E-state index contributed by atoms with van der Waals surface area (Å²) in [7, 11) is 0. The second-order valence-corrected chi connectivity index (χ2v) is 5.43. The standard InChI is InChI=1S/C15H9F2N5OS/c16-11-2-1-10(4-12(11)17)21-13(23)7-24-15-9(6-19)3-8(5-18)14(20)22-15/h1-4H,7H2,(H2,20,22)(H,21,23). The van der Waals surface area contributed by atoms with Crippen molar-refractivity contribution in [2.24, 2.45) is 0 Å². The molecule has 3 N–H and O–H groups in total. The number of rotatable bonds is 4. The minimum Gasteiger partial charge on any atom is -0.383 e. The van der Waals surface area contributed by atoms with Gasteiger partial charge in [0.25, 0.3) is 0 Å². The van der Waals surface area contributed by atoms with Crippen LogP contribution in [0.1, 0.15) is 11.1 Å². The number of anilines is 2. The highest BCUT2D eigenvalue weighted by Crippen LogP contribution is 2.24. The summed E-state index contributed by atoms with van der Waals surface area (Å²) in [6.07, 6.45) is 0. The van der Waals surface area contributed by atoms with Gasteiger partial charge in [-0.1, -0.05) is 11.8 Å². The van der Waals surface area contributed by atoms with Crippen LogP contribution in [0.3, 0.4) is 0 Å². The molecule has 0 saturated heterocycles. The van der Waals surface area contributed by atoms with Gasteiger partial charge in [0.15, 0.2) is 11.6 Å². The summed E-state index contributed by atoms with van der Waals surface area (Å²) >= 11 is 0.937. The molecule has 6 nitrogen and oxygen atoms in total. The first-order valence-corrected chi connectivity index (χ1v) is 7.41. The average Bonchev–Trinajstić information content (AvgIpc) is 2.56. The molecule has 0 spiro atoms. The molecule has 0 radical (unpaired) electrons. The van der Waals surface area contributed by atoms with Gasteiger partial charge in [-0.15, -0.1) is 0 Å². The molecule has 1 aromatic carbocycles. The Morgan fingerprint density at radius 2 is 1.92 bits per heavy atom. The summed E-state index contributed by atoms with van der Waals surface area (Å²) in [5.74, 6) is -2.77. The highest BCUT2D eigenvalue weighted by Gasteiger charge is 2.13. The topological polar surface area (TPSA) is 116 Å². The maximum atomic E-state index is 13.1. The van der Waals surface area contributed by atoms with Crippen LogP contribution in [0.2, 0.25) is 0 Å². The van der Waals surface area contributed by atoms with Gasteiger partial charge in [0.1, 0.15) is 23.0 Å². The van der Waals surface area contributed by atoms with Gasteiger partial charge in [-0.05, 0) is 18.2 Å². The fraction of sp³-hybridized carbons (Fsp3) is 0.0667. The summed E-state index contributed by atoms with van der Waals surface area (Å²) in [5, 5.41) is 20.5. The van der Waals surface area contributed by atoms with E-state index >= 15 is 0 Å².